The Labute approximate surface area is 199 Å². The van der Waals surface area contributed by atoms with Crippen LogP contribution in [-0.4, -0.2) is 58.9 Å². The summed E-state index contributed by atoms with van der Waals surface area (Å²) in [6.07, 6.45) is 1.38. The molecule has 0 unspecified atom stereocenters. The molecule has 2 heterocycles. The van der Waals surface area contributed by atoms with Gasteiger partial charge in [-0.25, -0.2) is 0 Å². The van der Waals surface area contributed by atoms with Crippen molar-refractivity contribution >= 4 is 29.3 Å². The Hall–Kier alpha value is -2.70. The number of aliphatic hydroxyl groups is 1. The summed E-state index contributed by atoms with van der Waals surface area (Å²) in [7, 11) is 1.45. The molecule has 174 valence electrons. The van der Waals surface area contributed by atoms with Crippen molar-refractivity contribution in [3.63, 3.8) is 0 Å². The summed E-state index contributed by atoms with van der Waals surface area (Å²) in [6.45, 7) is 1.04. The topological polar surface area (TPSA) is 77.9 Å². The molecule has 3 amide bonds. The van der Waals surface area contributed by atoms with Crippen molar-refractivity contribution in [1.82, 2.24) is 9.80 Å². The van der Waals surface area contributed by atoms with Gasteiger partial charge < -0.3 is 10.0 Å². The van der Waals surface area contributed by atoms with Gasteiger partial charge in [-0.2, -0.15) is 0 Å². The van der Waals surface area contributed by atoms with Crippen LogP contribution in [0.25, 0.3) is 0 Å². The zero-order valence-electron chi connectivity index (χ0n) is 18.7. The van der Waals surface area contributed by atoms with Crippen molar-refractivity contribution in [3.8, 4) is 0 Å². The summed E-state index contributed by atoms with van der Waals surface area (Å²) in [5.74, 6) is -0.743. The van der Waals surface area contributed by atoms with Gasteiger partial charge in [-0.3, -0.25) is 19.3 Å². The average Bonchev–Trinajstić information content (AvgIpc) is 3.04. The number of amides is 3. The maximum absolute atomic E-state index is 13.3. The monoisotopic (exact) mass is 468 g/mol. The van der Waals surface area contributed by atoms with Crippen LogP contribution < -0.4 is 0 Å². The van der Waals surface area contributed by atoms with E-state index in [2.05, 4.69) is 0 Å². The van der Waals surface area contributed by atoms with Gasteiger partial charge in [0.05, 0.1) is 11.5 Å². The predicted molar refractivity (Wildman–Crippen MR) is 126 cm³/mol. The molecule has 2 aromatic carbocycles. The van der Waals surface area contributed by atoms with E-state index < -0.39 is 11.5 Å². The first-order valence-corrected chi connectivity index (χ1v) is 11.8. The molecule has 0 saturated carbocycles. The van der Waals surface area contributed by atoms with Gasteiger partial charge in [0.25, 0.3) is 0 Å². The number of carbonyl (C=O) groups is 3. The van der Waals surface area contributed by atoms with Gasteiger partial charge in [-0.1, -0.05) is 60.1 Å². The highest BCUT2D eigenvalue weighted by Gasteiger charge is 2.53. The second kappa shape index (κ2) is 9.65. The van der Waals surface area contributed by atoms with Gasteiger partial charge in [-0.15, -0.1) is 0 Å². The zero-order valence-corrected chi connectivity index (χ0v) is 19.5. The van der Waals surface area contributed by atoms with Crippen molar-refractivity contribution in [2.75, 3.05) is 20.1 Å². The van der Waals surface area contributed by atoms with Crippen LogP contribution in [0, 0.1) is 5.92 Å². The van der Waals surface area contributed by atoms with Gasteiger partial charge >= 0.3 is 0 Å². The van der Waals surface area contributed by atoms with Crippen molar-refractivity contribution in [3.05, 3.63) is 70.7 Å². The number of likely N-dealkylation sites (N-methyl/N-ethyl adjacent to an activating group) is 1. The number of likely N-dealkylation sites (tertiary alicyclic amines) is 2. The van der Waals surface area contributed by atoms with E-state index in [-0.39, 0.29) is 36.5 Å². The number of hydrogen-bond donors (Lipinski definition) is 1. The van der Waals surface area contributed by atoms with Crippen molar-refractivity contribution < 1.29 is 19.5 Å². The SMILES string of the molecule is CN1C(=O)C[C@@](CC(=O)N2CCC([C@H](O)Cc3ccccc3)CC2)(c2ccccc2Cl)C1=O. The zero-order chi connectivity index (χ0) is 23.6. The van der Waals surface area contributed by atoms with E-state index in [0.29, 0.717) is 42.9 Å². The molecule has 0 radical (unpaired) electrons. The fourth-order valence-electron chi connectivity index (χ4n) is 5.11. The standard InChI is InChI=1S/C26H29ClN2O4/c1-28-23(31)16-26(25(28)33,20-9-5-6-10-21(20)27)17-24(32)29-13-11-19(12-14-29)22(30)15-18-7-3-2-4-8-18/h2-10,19,22,30H,11-17H2,1H3/t22-,26-/m1/s1. The van der Waals surface area contributed by atoms with Crippen LogP contribution in [-0.2, 0) is 26.2 Å². The molecule has 2 atom stereocenters. The highest BCUT2D eigenvalue weighted by atomic mass is 35.5. The number of nitrogens with zero attached hydrogens (tertiary/aromatic N) is 2. The molecule has 0 spiro atoms. The fourth-order valence-corrected chi connectivity index (χ4v) is 5.42. The third-order valence-corrected chi connectivity index (χ3v) is 7.44. The lowest BCUT2D eigenvalue weighted by atomic mass is 9.75. The highest BCUT2D eigenvalue weighted by Crippen LogP contribution is 2.43. The summed E-state index contributed by atoms with van der Waals surface area (Å²) in [4.78, 5) is 41.7. The van der Waals surface area contributed by atoms with Crippen molar-refractivity contribution in [2.24, 2.45) is 5.92 Å². The Kier molecular flexibility index (Phi) is 6.86. The number of aliphatic hydroxyl groups excluding tert-OH is 1. The number of carbonyl (C=O) groups excluding carboxylic acids is 3. The van der Waals surface area contributed by atoms with E-state index in [1.807, 2.05) is 30.3 Å². The molecule has 2 saturated heterocycles. The lowest BCUT2D eigenvalue weighted by Crippen LogP contribution is -2.46. The third kappa shape index (κ3) is 4.68. The van der Waals surface area contributed by atoms with E-state index in [0.717, 1.165) is 10.5 Å². The maximum atomic E-state index is 13.3. The molecule has 4 rings (SSSR count). The molecule has 0 bridgehead atoms. The molecule has 33 heavy (non-hydrogen) atoms. The lowest BCUT2D eigenvalue weighted by Gasteiger charge is -2.36. The molecule has 2 aliphatic heterocycles. The molecule has 0 aliphatic carbocycles. The minimum absolute atomic E-state index is 0.0654. The number of imide groups is 1. The summed E-state index contributed by atoms with van der Waals surface area (Å²) < 4.78 is 0. The number of benzene rings is 2. The first-order chi connectivity index (χ1) is 15.8. The number of halogens is 1. The molecule has 2 aromatic rings. The van der Waals surface area contributed by atoms with Crippen LogP contribution in [0.4, 0.5) is 0 Å². The molecule has 2 aliphatic rings. The minimum Gasteiger partial charge on any atom is -0.392 e. The quantitative estimate of drug-likeness (QED) is 0.660. The van der Waals surface area contributed by atoms with Crippen molar-refractivity contribution in [1.29, 1.82) is 0 Å². The Bertz CT molecular complexity index is 1040. The largest absolute Gasteiger partial charge is 0.392 e. The molecule has 0 aromatic heterocycles. The fraction of sp³-hybridized carbons (Fsp3) is 0.423. The molecular formula is C26H29ClN2O4. The van der Waals surface area contributed by atoms with E-state index in [9.17, 15) is 19.5 Å². The van der Waals surface area contributed by atoms with E-state index in [1.54, 1.807) is 29.2 Å². The number of hydrogen-bond acceptors (Lipinski definition) is 4. The van der Waals surface area contributed by atoms with Gasteiger partial charge in [0.15, 0.2) is 0 Å². The molecule has 6 nitrogen and oxygen atoms in total. The Morgan fingerprint density at radius 1 is 1.09 bits per heavy atom. The second-order valence-electron chi connectivity index (χ2n) is 9.15. The molecular weight excluding hydrogens is 440 g/mol. The van der Waals surface area contributed by atoms with E-state index >= 15 is 0 Å². The van der Waals surface area contributed by atoms with Crippen LogP contribution in [0.15, 0.2) is 54.6 Å². The number of piperidine rings is 1. The Morgan fingerprint density at radius 2 is 1.73 bits per heavy atom. The van der Waals surface area contributed by atoms with Crippen LogP contribution in [0.2, 0.25) is 5.02 Å². The second-order valence-corrected chi connectivity index (χ2v) is 9.56. The van der Waals surface area contributed by atoms with E-state index in [1.165, 1.54) is 7.05 Å². The van der Waals surface area contributed by atoms with Crippen LogP contribution in [0.1, 0.15) is 36.8 Å². The normalized spacial score (nSPS) is 22.6. The highest BCUT2D eigenvalue weighted by molar-refractivity contribution is 6.32. The van der Waals surface area contributed by atoms with Crippen LogP contribution >= 0.6 is 11.6 Å². The summed E-state index contributed by atoms with van der Waals surface area (Å²) in [5.41, 5.74) is 0.347. The third-order valence-electron chi connectivity index (χ3n) is 7.11. The smallest absolute Gasteiger partial charge is 0.240 e. The predicted octanol–water partition coefficient (Wildman–Crippen LogP) is 3.20. The first-order valence-electron chi connectivity index (χ1n) is 11.4. The van der Waals surface area contributed by atoms with Gasteiger partial charge in [-0.05, 0) is 42.4 Å². The lowest BCUT2D eigenvalue weighted by molar-refractivity contribution is -0.142. The summed E-state index contributed by atoms with van der Waals surface area (Å²) in [6, 6.07) is 16.8. The Balaban J connectivity index is 1.44. The maximum Gasteiger partial charge on any atom is 0.240 e. The van der Waals surface area contributed by atoms with E-state index in [4.69, 9.17) is 11.6 Å². The molecule has 7 heteroatoms. The van der Waals surface area contributed by atoms with Gasteiger partial charge in [0.2, 0.25) is 17.7 Å². The van der Waals surface area contributed by atoms with Gasteiger partial charge in [0.1, 0.15) is 0 Å². The van der Waals surface area contributed by atoms with Crippen LogP contribution in [0.5, 0.6) is 0 Å². The van der Waals surface area contributed by atoms with Crippen LogP contribution in [0.3, 0.4) is 0 Å². The van der Waals surface area contributed by atoms with Crippen molar-refractivity contribution in [2.45, 2.75) is 43.6 Å². The number of rotatable bonds is 6. The summed E-state index contributed by atoms with van der Waals surface area (Å²) >= 11 is 6.41. The minimum atomic E-state index is -1.27. The first kappa shape index (κ1) is 23.5. The summed E-state index contributed by atoms with van der Waals surface area (Å²) in [5, 5.41) is 11.1. The Morgan fingerprint density at radius 3 is 2.33 bits per heavy atom. The average molecular weight is 469 g/mol. The molecule has 1 N–H and O–H groups in total. The van der Waals surface area contributed by atoms with Gasteiger partial charge in [0, 0.05) is 38.0 Å². The molecule has 2 fully saturated rings.